The average molecular weight is 416 g/mol. The second-order valence-corrected chi connectivity index (χ2v) is 7.01. The van der Waals surface area contributed by atoms with E-state index in [1.54, 1.807) is 25.1 Å². The fraction of sp³-hybridized carbons (Fsp3) is 0.174. The molecule has 0 spiro atoms. The number of nitrogen functional groups attached to an aromatic ring is 1. The Morgan fingerprint density at radius 1 is 1.16 bits per heavy atom. The van der Waals surface area contributed by atoms with Gasteiger partial charge in [-0.2, -0.15) is 0 Å². The Labute approximate surface area is 181 Å². The van der Waals surface area contributed by atoms with Gasteiger partial charge in [-0.1, -0.05) is 30.3 Å². The summed E-state index contributed by atoms with van der Waals surface area (Å²) >= 11 is 0. The third-order valence-electron chi connectivity index (χ3n) is 4.78. The Kier molecular flexibility index (Phi) is 6.71. The van der Waals surface area contributed by atoms with E-state index in [0.29, 0.717) is 28.5 Å². The summed E-state index contributed by atoms with van der Waals surface area (Å²) in [5.74, 6) is 1.34. The van der Waals surface area contributed by atoms with E-state index in [9.17, 15) is 4.79 Å². The number of likely N-dealkylation sites (N-methyl/N-ethyl adjacent to an activating group) is 1. The lowest BCUT2D eigenvalue weighted by atomic mass is 10.1. The van der Waals surface area contributed by atoms with Gasteiger partial charge in [0.2, 0.25) is 0 Å². The molecule has 1 heterocycles. The summed E-state index contributed by atoms with van der Waals surface area (Å²) in [5, 5.41) is 11.3. The Morgan fingerprint density at radius 2 is 1.84 bits per heavy atom. The van der Waals surface area contributed by atoms with E-state index in [-0.39, 0.29) is 17.6 Å². The average Bonchev–Trinajstić information content (AvgIpc) is 2.77. The molecule has 1 atom stereocenters. The van der Waals surface area contributed by atoms with E-state index in [1.807, 2.05) is 55.3 Å². The molecule has 3 aromatic rings. The summed E-state index contributed by atoms with van der Waals surface area (Å²) in [6.07, 6.45) is 2.15. The lowest BCUT2D eigenvalue weighted by Gasteiger charge is -2.27. The predicted octanol–water partition coefficient (Wildman–Crippen LogP) is 3.93. The molecule has 3 rings (SSSR count). The highest BCUT2D eigenvalue weighted by Crippen LogP contribution is 2.23. The van der Waals surface area contributed by atoms with Crippen LogP contribution in [0.1, 0.15) is 29.8 Å². The molecule has 8 heteroatoms. The van der Waals surface area contributed by atoms with Crippen molar-refractivity contribution in [3.63, 3.8) is 0 Å². The third kappa shape index (κ3) is 4.92. The minimum Gasteiger partial charge on any atom is -0.383 e. The maximum absolute atomic E-state index is 11.5. The number of hydrogen-bond acceptors (Lipinski definition) is 7. The van der Waals surface area contributed by atoms with Crippen LogP contribution in [0.4, 0.5) is 23.0 Å². The molecule has 0 saturated heterocycles. The number of carbonyl (C=O) groups excluding carboxylic acids is 1. The number of rotatable bonds is 7. The lowest BCUT2D eigenvalue weighted by Crippen LogP contribution is -2.40. The summed E-state index contributed by atoms with van der Waals surface area (Å²) in [6.45, 7) is 3.57. The van der Waals surface area contributed by atoms with Crippen LogP contribution in [0.3, 0.4) is 0 Å². The van der Waals surface area contributed by atoms with Gasteiger partial charge < -0.3 is 21.4 Å². The highest BCUT2D eigenvalue weighted by molar-refractivity contribution is 6.07. The third-order valence-corrected chi connectivity index (χ3v) is 4.78. The van der Waals surface area contributed by atoms with Gasteiger partial charge >= 0.3 is 0 Å². The van der Waals surface area contributed by atoms with Gasteiger partial charge in [0.05, 0.1) is 17.3 Å². The summed E-state index contributed by atoms with van der Waals surface area (Å²) in [4.78, 5) is 26.6. The van der Waals surface area contributed by atoms with E-state index >= 15 is 0 Å². The van der Waals surface area contributed by atoms with E-state index in [4.69, 9.17) is 16.1 Å². The van der Waals surface area contributed by atoms with Gasteiger partial charge in [0, 0.05) is 24.0 Å². The zero-order valence-electron chi connectivity index (χ0n) is 17.7. The van der Waals surface area contributed by atoms with Crippen LogP contribution in [-0.2, 0) is 0 Å². The fourth-order valence-electron chi connectivity index (χ4n) is 3.21. The van der Waals surface area contributed by atoms with Crippen LogP contribution >= 0.6 is 0 Å². The monoisotopic (exact) mass is 415 g/mol. The molecule has 4 N–H and O–H groups in total. The van der Waals surface area contributed by atoms with Crippen LogP contribution in [0.2, 0.25) is 0 Å². The van der Waals surface area contributed by atoms with Crippen molar-refractivity contribution in [1.29, 1.82) is 5.41 Å². The number of aldehydes is 1. The largest absolute Gasteiger partial charge is 0.383 e. The number of benzene rings is 2. The van der Waals surface area contributed by atoms with E-state index in [1.165, 1.54) is 6.33 Å². The predicted molar refractivity (Wildman–Crippen MR) is 126 cm³/mol. The second-order valence-electron chi connectivity index (χ2n) is 7.01. The zero-order valence-corrected chi connectivity index (χ0v) is 17.7. The highest BCUT2D eigenvalue weighted by atomic mass is 16.1. The number of nitrogens with zero attached hydrogens (tertiary/aromatic N) is 4. The Balaban J connectivity index is 2.06. The highest BCUT2D eigenvalue weighted by Gasteiger charge is 2.21. The Morgan fingerprint density at radius 3 is 2.52 bits per heavy atom. The van der Waals surface area contributed by atoms with Crippen molar-refractivity contribution < 1.29 is 4.79 Å². The number of amidine groups is 1. The Bertz CT molecular complexity index is 1110. The van der Waals surface area contributed by atoms with E-state index in [2.05, 4.69) is 15.3 Å². The molecule has 31 heavy (non-hydrogen) atoms. The fourth-order valence-corrected chi connectivity index (χ4v) is 3.21. The number of nitrogens with two attached hydrogens (primary N) is 1. The molecular formula is C23H25N7O. The number of para-hydroxylation sites is 2. The van der Waals surface area contributed by atoms with Crippen molar-refractivity contribution >= 4 is 40.8 Å². The summed E-state index contributed by atoms with van der Waals surface area (Å²) in [6, 6.07) is 16.6. The molecule has 0 saturated carbocycles. The van der Waals surface area contributed by atoms with E-state index in [0.717, 1.165) is 12.0 Å². The van der Waals surface area contributed by atoms with Gasteiger partial charge in [-0.25, -0.2) is 15.0 Å². The Hall–Kier alpha value is -4.07. The quantitative estimate of drug-likeness (QED) is 0.305. The number of hydrogen-bond donors (Lipinski definition) is 3. The first-order valence-corrected chi connectivity index (χ1v) is 9.76. The van der Waals surface area contributed by atoms with Crippen LogP contribution in [0, 0.1) is 5.41 Å². The number of aliphatic imine (C=N–C) groups is 1. The second kappa shape index (κ2) is 9.62. The van der Waals surface area contributed by atoms with Gasteiger partial charge in [0.1, 0.15) is 23.8 Å². The molecule has 1 unspecified atom stereocenters. The molecule has 1 aromatic heterocycles. The molecule has 0 amide bonds. The van der Waals surface area contributed by atoms with Gasteiger partial charge in [-0.05, 0) is 38.1 Å². The van der Waals surface area contributed by atoms with Crippen molar-refractivity contribution in [2.75, 3.05) is 23.0 Å². The van der Waals surface area contributed by atoms with Gasteiger partial charge in [-0.15, -0.1) is 0 Å². The normalized spacial score (nSPS) is 12.2. The number of aromatic nitrogens is 2. The van der Waals surface area contributed by atoms with Crippen molar-refractivity contribution in [2.45, 2.75) is 19.9 Å². The van der Waals surface area contributed by atoms with Gasteiger partial charge in [-0.3, -0.25) is 4.79 Å². The zero-order chi connectivity index (χ0) is 22.4. The molecule has 0 bridgehead atoms. The van der Waals surface area contributed by atoms with Crippen LogP contribution in [0.25, 0.3) is 0 Å². The molecule has 0 aliphatic heterocycles. The van der Waals surface area contributed by atoms with Crippen LogP contribution in [-0.4, -0.2) is 40.9 Å². The first-order chi connectivity index (χ1) is 14.9. The van der Waals surface area contributed by atoms with Crippen LogP contribution in [0.15, 0.2) is 65.9 Å². The smallest absolute Gasteiger partial charge is 0.152 e. The van der Waals surface area contributed by atoms with Crippen molar-refractivity contribution in [3.8, 4) is 0 Å². The molecule has 0 fully saturated rings. The topological polar surface area (TPSA) is 120 Å². The van der Waals surface area contributed by atoms with Crippen molar-refractivity contribution in [2.24, 2.45) is 4.99 Å². The standard InChI is InChI=1S/C23H25N7O/c1-15(24)20-21(25)26-14-27-22(20)28-16(2)23(30(3)18-10-5-4-6-11-18)29-19-12-8-7-9-17(19)13-31/h4-14,16,24H,1-3H3,(H3,25,26,27,28). The number of anilines is 3. The summed E-state index contributed by atoms with van der Waals surface area (Å²) in [5.41, 5.74) is 8.68. The SMILES string of the molecule is CC(=N)c1c(N)ncnc1NC(C)C(=Nc1ccccc1C=O)N(C)c1ccccc1. The lowest BCUT2D eigenvalue weighted by molar-refractivity contribution is 0.112. The summed E-state index contributed by atoms with van der Waals surface area (Å²) in [7, 11) is 1.91. The molecule has 8 nitrogen and oxygen atoms in total. The van der Waals surface area contributed by atoms with Crippen LogP contribution < -0.4 is 16.0 Å². The maximum atomic E-state index is 11.5. The number of nitrogens with one attached hydrogen (secondary N) is 2. The maximum Gasteiger partial charge on any atom is 0.152 e. The minimum absolute atomic E-state index is 0.235. The molecule has 0 aliphatic rings. The first kappa shape index (κ1) is 21.6. The van der Waals surface area contributed by atoms with Gasteiger partial charge in [0.15, 0.2) is 6.29 Å². The van der Waals surface area contributed by atoms with Crippen LogP contribution in [0.5, 0.6) is 0 Å². The molecule has 0 radical (unpaired) electrons. The van der Waals surface area contributed by atoms with Crippen molar-refractivity contribution in [1.82, 2.24) is 9.97 Å². The number of carbonyl (C=O) groups is 1. The minimum atomic E-state index is -0.336. The van der Waals surface area contributed by atoms with Gasteiger partial charge in [0.25, 0.3) is 0 Å². The molecule has 2 aromatic carbocycles. The molecular weight excluding hydrogens is 390 g/mol. The summed E-state index contributed by atoms with van der Waals surface area (Å²) < 4.78 is 0. The van der Waals surface area contributed by atoms with Crippen molar-refractivity contribution in [3.05, 3.63) is 72.1 Å². The molecule has 158 valence electrons. The van der Waals surface area contributed by atoms with E-state index < -0.39 is 0 Å². The molecule has 0 aliphatic carbocycles. The first-order valence-electron chi connectivity index (χ1n) is 9.76.